The Morgan fingerprint density at radius 3 is 2.50 bits per heavy atom. The van der Waals surface area contributed by atoms with E-state index in [1.165, 1.54) is 30.7 Å². The number of aryl methyl sites for hydroxylation is 1. The summed E-state index contributed by atoms with van der Waals surface area (Å²) in [6, 6.07) is 12.7. The number of carbonyl (C=O) groups excluding carboxylic acids is 1. The van der Waals surface area contributed by atoms with Gasteiger partial charge in [0.05, 0.1) is 36.9 Å². The number of rotatable bonds is 8. The van der Waals surface area contributed by atoms with Gasteiger partial charge in [-0.05, 0) is 43.3 Å². The summed E-state index contributed by atoms with van der Waals surface area (Å²) in [5.41, 5.74) is -0.0996. The van der Waals surface area contributed by atoms with E-state index in [9.17, 15) is 17.6 Å². The summed E-state index contributed by atoms with van der Waals surface area (Å²) < 4.78 is 49.5. The number of aromatic nitrogens is 2. The number of benzene rings is 1. The van der Waals surface area contributed by atoms with E-state index in [4.69, 9.17) is 8.83 Å². The van der Waals surface area contributed by atoms with Crippen LogP contribution in [0.25, 0.3) is 0 Å². The van der Waals surface area contributed by atoms with Crippen molar-refractivity contribution in [1.82, 2.24) is 9.97 Å². The molecule has 0 spiro atoms. The number of nitrogens with zero attached hydrogens (tertiary/aromatic N) is 3. The molecule has 0 bridgehead atoms. The Morgan fingerprint density at radius 2 is 1.85 bits per heavy atom. The fourth-order valence-corrected chi connectivity index (χ4v) is 3.76. The van der Waals surface area contributed by atoms with Gasteiger partial charge in [0.15, 0.2) is 5.69 Å². The van der Waals surface area contributed by atoms with E-state index in [0.29, 0.717) is 17.3 Å². The van der Waals surface area contributed by atoms with Gasteiger partial charge >= 0.3 is 0 Å². The van der Waals surface area contributed by atoms with Gasteiger partial charge in [0.2, 0.25) is 15.0 Å². The van der Waals surface area contributed by atoms with Crippen molar-refractivity contribution >= 4 is 27.1 Å². The van der Waals surface area contributed by atoms with Crippen molar-refractivity contribution in [2.24, 2.45) is 0 Å². The van der Waals surface area contributed by atoms with Crippen LogP contribution in [0.1, 0.15) is 27.8 Å². The number of carbonyl (C=O) groups is 1. The van der Waals surface area contributed by atoms with E-state index in [1.54, 1.807) is 42.2 Å². The second kappa shape index (κ2) is 9.48. The van der Waals surface area contributed by atoms with Crippen LogP contribution in [-0.4, -0.2) is 30.5 Å². The third-order valence-electron chi connectivity index (χ3n) is 4.83. The highest BCUT2D eigenvalue weighted by molar-refractivity contribution is 7.90. The number of para-hydroxylation sites is 1. The normalized spacial score (nSPS) is 11.4. The molecular weight excluding hydrogens is 463 g/mol. The molecule has 1 N–H and O–H groups in total. The predicted molar refractivity (Wildman–Crippen MR) is 122 cm³/mol. The molecule has 0 atom stereocenters. The smallest absolute Gasteiger partial charge is 0.276 e. The zero-order valence-electron chi connectivity index (χ0n) is 18.4. The zero-order chi connectivity index (χ0) is 24.3. The number of anilines is 2. The van der Waals surface area contributed by atoms with E-state index in [1.807, 2.05) is 0 Å². The Bertz CT molecular complexity index is 1420. The van der Waals surface area contributed by atoms with Crippen molar-refractivity contribution in [3.8, 4) is 0 Å². The number of hydrogen-bond acceptors (Lipinski definition) is 8. The highest BCUT2D eigenvalue weighted by Crippen LogP contribution is 2.26. The maximum Gasteiger partial charge on any atom is 0.276 e. The lowest BCUT2D eigenvalue weighted by Crippen LogP contribution is -2.27. The molecule has 0 aliphatic rings. The Labute approximate surface area is 195 Å². The third kappa shape index (κ3) is 5.31. The van der Waals surface area contributed by atoms with Crippen LogP contribution in [0, 0.1) is 12.7 Å². The first-order chi connectivity index (χ1) is 16.2. The van der Waals surface area contributed by atoms with Gasteiger partial charge in [-0.3, -0.25) is 4.79 Å². The summed E-state index contributed by atoms with van der Waals surface area (Å²) in [5, 5.41) is 1.93. The van der Waals surface area contributed by atoms with Crippen LogP contribution in [0.4, 0.5) is 15.8 Å². The van der Waals surface area contributed by atoms with Crippen LogP contribution in [0.15, 0.2) is 75.0 Å². The average molecular weight is 485 g/mol. The van der Waals surface area contributed by atoms with Crippen molar-refractivity contribution in [3.63, 3.8) is 0 Å². The fraction of sp³-hybridized carbons (Fsp3) is 0.174. The number of halogens is 1. The molecule has 4 rings (SSSR count). The van der Waals surface area contributed by atoms with Crippen LogP contribution in [-0.2, 0) is 22.9 Å². The topological polar surface area (TPSA) is 119 Å². The van der Waals surface area contributed by atoms with E-state index >= 15 is 0 Å². The molecule has 11 heteroatoms. The number of amides is 1. The molecule has 0 saturated heterocycles. The largest absolute Gasteiger partial charge is 0.467 e. The molecular formula is C23H21FN4O5S. The number of hydrogen-bond donors (Lipinski definition) is 1. The lowest BCUT2D eigenvalue weighted by atomic mass is 10.2. The summed E-state index contributed by atoms with van der Waals surface area (Å²) in [5.74, 6) is 0.433. The van der Waals surface area contributed by atoms with Gasteiger partial charge < -0.3 is 19.1 Å². The molecule has 3 heterocycles. The van der Waals surface area contributed by atoms with Crippen LogP contribution < -0.4 is 10.2 Å². The summed E-state index contributed by atoms with van der Waals surface area (Å²) in [4.78, 5) is 22.9. The first-order valence-electron chi connectivity index (χ1n) is 10.2. The summed E-state index contributed by atoms with van der Waals surface area (Å²) in [6.45, 7) is 2.21. The van der Waals surface area contributed by atoms with Gasteiger partial charge in [0.25, 0.3) is 5.91 Å². The van der Waals surface area contributed by atoms with Crippen LogP contribution in [0.5, 0.6) is 0 Å². The Hall–Kier alpha value is -3.99. The molecule has 176 valence electrons. The van der Waals surface area contributed by atoms with Crippen LogP contribution in [0.2, 0.25) is 0 Å². The molecule has 1 amide bonds. The average Bonchev–Trinajstić information content (AvgIpc) is 3.45. The standard InChI is InChI=1S/C23H21FN4O5S/c1-15-9-10-17(33-15)14-28(13-16-6-5-11-32-16)20-12-25-23(34(2,30)31)27-21(20)22(29)26-19-8-4-3-7-18(19)24/h3-12H,13-14H2,1-2H3,(H,26,29). The maximum atomic E-state index is 14.2. The summed E-state index contributed by atoms with van der Waals surface area (Å²) in [7, 11) is -3.82. The minimum absolute atomic E-state index is 0.0720. The Balaban J connectivity index is 1.79. The van der Waals surface area contributed by atoms with E-state index in [2.05, 4.69) is 15.3 Å². The van der Waals surface area contributed by atoms with Gasteiger partial charge in [-0.15, -0.1) is 0 Å². The quantitative estimate of drug-likeness (QED) is 0.373. The van der Waals surface area contributed by atoms with Gasteiger partial charge in [0.1, 0.15) is 23.1 Å². The third-order valence-corrected chi connectivity index (χ3v) is 5.69. The van der Waals surface area contributed by atoms with Crippen molar-refractivity contribution in [2.45, 2.75) is 25.2 Å². The van der Waals surface area contributed by atoms with Crippen LogP contribution >= 0.6 is 0 Å². The van der Waals surface area contributed by atoms with E-state index in [-0.39, 0.29) is 30.2 Å². The number of furan rings is 2. The first-order valence-corrected chi connectivity index (χ1v) is 12.1. The fourth-order valence-electron chi connectivity index (χ4n) is 3.26. The van der Waals surface area contributed by atoms with E-state index in [0.717, 1.165) is 6.26 Å². The van der Waals surface area contributed by atoms with Crippen LogP contribution in [0.3, 0.4) is 0 Å². The summed E-state index contributed by atoms with van der Waals surface area (Å²) in [6.07, 6.45) is 3.70. The lowest BCUT2D eigenvalue weighted by Gasteiger charge is -2.24. The molecule has 3 aromatic heterocycles. The second-order valence-electron chi connectivity index (χ2n) is 7.54. The minimum Gasteiger partial charge on any atom is -0.467 e. The summed E-state index contributed by atoms with van der Waals surface area (Å²) >= 11 is 0. The van der Waals surface area contributed by atoms with Crippen molar-refractivity contribution in [3.05, 3.63) is 89.8 Å². The molecule has 4 aromatic rings. The molecule has 0 aliphatic carbocycles. The van der Waals surface area contributed by atoms with Gasteiger partial charge in [0, 0.05) is 6.26 Å². The molecule has 0 aliphatic heterocycles. The minimum atomic E-state index is -3.82. The molecule has 1 aromatic carbocycles. The SMILES string of the molecule is Cc1ccc(CN(Cc2ccco2)c2cnc(S(C)(=O)=O)nc2C(=O)Nc2ccccc2F)o1. The Morgan fingerprint density at radius 1 is 1.09 bits per heavy atom. The molecule has 0 radical (unpaired) electrons. The first kappa shape index (κ1) is 23.2. The monoisotopic (exact) mass is 484 g/mol. The van der Waals surface area contributed by atoms with Crippen molar-refractivity contribution < 1.29 is 26.4 Å². The van der Waals surface area contributed by atoms with Gasteiger partial charge in [-0.2, -0.15) is 0 Å². The second-order valence-corrected chi connectivity index (χ2v) is 9.45. The molecule has 0 fully saturated rings. The molecule has 0 unspecified atom stereocenters. The lowest BCUT2D eigenvalue weighted by molar-refractivity contribution is 0.102. The van der Waals surface area contributed by atoms with Gasteiger partial charge in [-0.25, -0.2) is 22.8 Å². The molecule has 0 saturated carbocycles. The predicted octanol–water partition coefficient (Wildman–Crippen LogP) is 3.97. The molecule has 34 heavy (non-hydrogen) atoms. The number of nitrogens with one attached hydrogen (secondary N) is 1. The highest BCUT2D eigenvalue weighted by Gasteiger charge is 2.25. The highest BCUT2D eigenvalue weighted by atomic mass is 32.2. The maximum absolute atomic E-state index is 14.2. The zero-order valence-corrected chi connectivity index (χ0v) is 19.2. The van der Waals surface area contributed by atoms with Gasteiger partial charge in [-0.1, -0.05) is 12.1 Å². The number of sulfone groups is 1. The van der Waals surface area contributed by atoms with Crippen molar-refractivity contribution in [2.75, 3.05) is 16.5 Å². The van der Waals surface area contributed by atoms with E-state index < -0.39 is 26.7 Å². The van der Waals surface area contributed by atoms with Crippen molar-refractivity contribution in [1.29, 1.82) is 0 Å². The Kier molecular flexibility index (Phi) is 6.46. The molecule has 9 nitrogen and oxygen atoms in total.